The van der Waals surface area contributed by atoms with Crippen LogP contribution in [0.2, 0.25) is 10.2 Å². The summed E-state index contributed by atoms with van der Waals surface area (Å²) >= 11 is 14.1. The molecule has 3 nitrogen and oxygen atoms in total. The molecule has 19 heavy (non-hydrogen) atoms. The van der Waals surface area contributed by atoms with Crippen LogP contribution in [0.1, 0.15) is 17.1 Å². The molecular weight excluding hydrogens is 398 g/mol. The molecule has 0 unspecified atom stereocenters. The number of ether oxygens (including phenoxy) is 1. The van der Waals surface area contributed by atoms with Crippen molar-refractivity contribution in [1.82, 2.24) is 9.97 Å². The molecule has 2 rings (SSSR count). The molecule has 0 bridgehead atoms. The number of methoxy groups -OCH3 is 1. The molecule has 0 saturated carbocycles. The largest absolute Gasteiger partial charge is 0.378 e. The Bertz CT molecular complexity index is 576. The number of aromatic nitrogens is 2. The van der Waals surface area contributed by atoms with Crippen LogP contribution in [0.4, 0.5) is 0 Å². The lowest BCUT2D eigenvalue weighted by molar-refractivity contribution is 0.180. The summed E-state index contributed by atoms with van der Waals surface area (Å²) in [5.74, 6) is 0.680. The van der Waals surface area contributed by atoms with Crippen LogP contribution in [0.15, 0.2) is 24.3 Å². The van der Waals surface area contributed by atoms with Crippen molar-refractivity contribution in [2.45, 2.75) is 13.0 Å². The van der Waals surface area contributed by atoms with Crippen molar-refractivity contribution in [2.24, 2.45) is 0 Å². The lowest BCUT2D eigenvalue weighted by atomic mass is 10.1. The minimum atomic E-state index is 0.425. The molecule has 0 fully saturated rings. The zero-order chi connectivity index (χ0) is 13.8. The molecule has 2 aromatic rings. The quantitative estimate of drug-likeness (QED) is 0.563. The first-order chi connectivity index (χ1) is 9.10. The van der Waals surface area contributed by atoms with Gasteiger partial charge in [0.1, 0.15) is 11.0 Å². The van der Waals surface area contributed by atoms with Crippen LogP contribution < -0.4 is 0 Å². The highest BCUT2D eigenvalue weighted by molar-refractivity contribution is 14.1. The van der Waals surface area contributed by atoms with Crippen LogP contribution in [-0.2, 0) is 17.8 Å². The van der Waals surface area contributed by atoms with Gasteiger partial charge in [-0.05, 0) is 40.3 Å². The molecule has 1 aromatic carbocycles. The van der Waals surface area contributed by atoms with Gasteiger partial charge < -0.3 is 4.74 Å². The topological polar surface area (TPSA) is 35.0 Å². The average Bonchev–Trinajstić information content (AvgIpc) is 2.38. The van der Waals surface area contributed by atoms with Crippen LogP contribution in [0, 0.1) is 3.57 Å². The molecule has 1 heterocycles. The van der Waals surface area contributed by atoms with E-state index < -0.39 is 0 Å². The SMILES string of the molecule is COCc1nc(Cc2ccc(Cl)cc2)nc(Cl)c1I. The summed E-state index contributed by atoms with van der Waals surface area (Å²) in [5.41, 5.74) is 1.90. The Labute approximate surface area is 135 Å². The molecule has 0 aliphatic carbocycles. The molecule has 0 saturated heterocycles. The van der Waals surface area contributed by atoms with Gasteiger partial charge in [0.25, 0.3) is 0 Å². The van der Waals surface area contributed by atoms with Gasteiger partial charge in [-0.15, -0.1) is 0 Å². The molecule has 0 amide bonds. The molecular formula is C13H11Cl2IN2O. The van der Waals surface area contributed by atoms with E-state index in [4.69, 9.17) is 27.9 Å². The predicted octanol–water partition coefficient (Wildman–Crippen LogP) is 4.13. The molecule has 0 atom stereocenters. The van der Waals surface area contributed by atoms with E-state index in [1.807, 2.05) is 24.3 Å². The van der Waals surface area contributed by atoms with Crippen molar-refractivity contribution in [1.29, 1.82) is 0 Å². The maximum atomic E-state index is 6.11. The molecule has 0 spiro atoms. The summed E-state index contributed by atoms with van der Waals surface area (Å²) in [6.07, 6.45) is 0.616. The minimum Gasteiger partial charge on any atom is -0.378 e. The summed E-state index contributed by atoms with van der Waals surface area (Å²) in [6, 6.07) is 7.60. The van der Waals surface area contributed by atoms with E-state index in [0.717, 1.165) is 14.8 Å². The van der Waals surface area contributed by atoms with Gasteiger partial charge in [0, 0.05) is 18.6 Å². The zero-order valence-electron chi connectivity index (χ0n) is 10.2. The summed E-state index contributed by atoms with van der Waals surface area (Å²) in [7, 11) is 1.63. The Kier molecular flexibility index (Phi) is 5.38. The van der Waals surface area contributed by atoms with E-state index in [9.17, 15) is 0 Å². The van der Waals surface area contributed by atoms with Gasteiger partial charge in [-0.1, -0.05) is 35.3 Å². The zero-order valence-corrected chi connectivity index (χ0v) is 13.8. The highest BCUT2D eigenvalue weighted by atomic mass is 127. The average molecular weight is 409 g/mol. The Morgan fingerprint density at radius 3 is 2.47 bits per heavy atom. The molecule has 0 N–H and O–H groups in total. The normalized spacial score (nSPS) is 10.7. The molecule has 0 radical (unpaired) electrons. The third-order valence-corrected chi connectivity index (χ3v) is 4.46. The smallest absolute Gasteiger partial charge is 0.146 e. The second-order valence-electron chi connectivity index (χ2n) is 3.93. The van der Waals surface area contributed by atoms with E-state index in [2.05, 4.69) is 32.6 Å². The third kappa shape index (κ3) is 4.02. The van der Waals surface area contributed by atoms with E-state index in [1.165, 1.54) is 0 Å². The van der Waals surface area contributed by atoms with E-state index in [1.54, 1.807) is 7.11 Å². The molecule has 6 heteroatoms. The van der Waals surface area contributed by atoms with Crippen molar-refractivity contribution in [3.05, 3.63) is 55.1 Å². The highest BCUT2D eigenvalue weighted by Crippen LogP contribution is 2.21. The van der Waals surface area contributed by atoms with Crippen molar-refractivity contribution in [3.63, 3.8) is 0 Å². The van der Waals surface area contributed by atoms with Gasteiger partial charge in [-0.25, -0.2) is 9.97 Å². The Morgan fingerprint density at radius 1 is 1.16 bits per heavy atom. The maximum Gasteiger partial charge on any atom is 0.146 e. The fourth-order valence-corrected chi connectivity index (χ4v) is 2.34. The maximum absolute atomic E-state index is 6.11. The monoisotopic (exact) mass is 408 g/mol. The fraction of sp³-hybridized carbons (Fsp3) is 0.231. The van der Waals surface area contributed by atoms with Crippen molar-refractivity contribution >= 4 is 45.8 Å². The first kappa shape index (κ1) is 15.0. The predicted molar refractivity (Wildman–Crippen MR) is 84.7 cm³/mol. The number of rotatable bonds is 4. The van der Waals surface area contributed by atoms with E-state index in [0.29, 0.717) is 29.0 Å². The summed E-state index contributed by atoms with van der Waals surface area (Å²) < 4.78 is 5.95. The first-order valence-electron chi connectivity index (χ1n) is 5.54. The van der Waals surface area contributed by atoms with Crippen LogP contribution in [-0.4, -0.2) is 17.1 Å². The van der Waals surface area contributed by atoms with Gasteiger partial charge in [0.2, 0.25) is 0 Å². The van der Waals surface area contributed by atoms with E-state index >= 15 is 0 Å². The molecule has 0 aliphatic heterocycles. The van der Waals surface area contributed by atoms with Gasteiger partial charge >= 0.3 is 0 Å². The second kappa shape index (κ2) is 6.83. The van der Waals surface area contributed by atoms with Crippen LogP contribution in [0.25, 0.3) is 0 Å². The van der Waals surface area contributed by atoms with Crippen LogP contribution in [0.3, 0.4) is 0 Å². The lowest BCUT2D eigenvalue weighted by Gasteiger charge is -2.07. The summed E-state index contributed by atoms with van der Waals surface area (Å²) in [4.78, 5) is 8.77. The summed E-state index contributed by atoms with van der Waals surface area (Å²) in [6.45, 7) is 0.425. The Balaban J connectivity index is 2.27. The van der Waals surface area contributed by atoms with Gasteiger partial charge in [0.05, 0.1) is 15.9 Å². The van der Waals surface area contributed by atoms with Crippen molar-refractivity contribution < 1.29 is 4.74 Å². The van der Waals surface area contributed by atoms with Crippen molar-refractivity contribution in [2.75, 3.05) is 7.11 Å². The van der Waals surface area contributed by atoms with E-state index in [-0.39, 0.29) is 0 Å². The number of hydrogen-bond acceptors (Lipinski definition) is 3. The molecule has 100 valence electrons. The Morgan fingerprint density at radius 2 is 1.84 bits per heavy atom. The van der Waals surface area contributed by atoms with Gasteiger partial charge in [-0.2, -0.15) is 0 Å². The number of nitrogens with zero attached hydrogens (tertiary/aromatic N) is 2. The Hall–Kier alpha value is -0.430. The standard InChI is InChI=1S/C13H11Cl2IN2O/c1-19-7-10-12(16)13(15)18-11(17-10)6-8-2-4-9(14)5-3-8/h2-5H,6-7H2,1H3. The molecule has 1 aromatic heterocycles. The second-order valence-corrected chi connectivity index (χ2v) is 5.80. The number of benzene rings is 1. The number of halogens is 3. The van der Waals surface area contributed by atoms with Crippen molar-refractivity contribution in [3.8, 4) is 0 Å². The van der Waals surface area contributed by atoms with Gasteiger partial charge in [0.15, 0.2) is 0 Å². The number of hydrogen-bond donors (Lipinski definition) is 0. The fourth-order valence-electron chi connectivity index (χ4n) is 1.61. The van der Waals surface area contributed by atoms with Crippen LogP contribution in [0.5, 0.6) is 0 Å². The van der Waals surface area contributed by atoms with Crippen LogP contribution >= 0.6 is 45.8 Å². The minimum absolute atomic E-state index is 0.425. The summed E-state index contributed by atoms with van der Waals surface area (Å²) in [5, 5.41) is 1.18. The lowest BCUT2D eigenvalue weighted by Crippen LogP contribution is -2.05. The molecule has 0 aliphatic rings. The highest BCUT2D eigenvalue weighted by Gasteiger charge is 2.11. The first-order valence-corrected chi connectivity index (χ1v) is 7.38. The third-order valence-electron chi connectivity index (χ3n) is 2.48. The van der Waals surface area contributed by atoms with Gasteiger partial charge in [-0.3, -0.25) is 0 Å².